The van der Waals surface area contributed by atoms with Gasteiger partial charge in [0.1, 0.15) is 11.4 Å². The molecule has 1 aromatic heterocycles. The summed E-state index contributed by atoms with van der Waals surface area (Å²) in [4.78, 5) is 16.5. The summed E-state index contributed by atoms with van der Waals surface area (Å²) < 4.78 is 21.5. The third-order valence-electron chi connectivity index (χ3n) is 5.48. The fraction of sp³-hybridized carbons (Fsp3) is 0.474. The fourth-order valence-corrected chi connectivity index (χ4v) is 3.43. The van der Waals surface area contributed by atoms with Crippen molar-refractivity contribution in [3.8, 4) is 5.69 Å². The van der Waals surface area contributed by atoms with E-state index in [0.29, 0.717) is 24.3 Å². The van der Waals surface area contributed by atoms with Gasteiger partial charge in [-0.05, 0) is 24.6 Å². The van der Waals surface area contributed by atoms with Crippen LogP contribution in [0.2, 0.25) is 0 Å². The largest absolute Gasteiger partial charge is 0.378 e. The smallest absolute Gasteiger partial charge is 0.241 e. The number of carbonyl (C=O) groups is 1. The zero-order valence-electron chi connectivity index (χ0n) is 15.3. The summed E-state index contributed by atoms with van der Waals surface area (Å²) in [7, 11) is 0. The Hall–Kier alpha value is -2.25. The van der Waals surface area contributed by atoms with Crippen LogP contribution in [0.25, 0.3) is 5.69 Å². The highest BCUT2D eigenvalue weighted by Crippen LogP contribution is 2.49. The van der Waals surface area contributed by atoms with E-state index < -0.39 is 11.0 Å². The van der Waals surface area contributed by atoms with Gasteiger partial charge in [-0.25, -0.2) is 9.37 Å². The van der Waals surface area contributed by atoms with E-state index >= 15 is 0 Å². The van der Waals surface area contributed by atoms with Crippen molar-refractivity contribution in [3.63, 3.8) is 0 Å². The number of nitrogens with one attached hydrogen (secondary N) is 1. The lowest BCUT2D eigenvalue weighted by atomic mass is 9.54. The number of hydrogen-bond acceptors (Lipinski definition) is 4. The van der Waals surface area contributed by atoms with Crippen molar-refractivity contribution in [2.45, 2.75) is 45.4 Å². The second-order valence-corrected chi connectivity index (χ2v) is 7.28. The van der Waals surface area contributed by atoms with Crippen LogP contribution < -0.4 is 11.1 Å². The van der Waals surface area contributed by atoms with Gasteiger partial charge in [0.2, 0.25) is 5.91 Å². The first-order chi connectivity index (χ1) is 12.3. The molecule has 1 aliphatic carbocycles. The molecule has 1 aliphatic rings. The number of imidazole rings is 1. The number of ether oxygens (including phenoxy) is 1. The first-order valence-corrected chi connectivity index (χ1v) is 8.75. The lowest BCUT2D eigenvalue weighted by Crippen LogP contribution is -2.75. The number of carbonyl (C=O) groups excluding carboxylic acids is 1. The van der Waals surface area contributed by atoms with Crippen molar-refractivity contribution in [1.82, 2.24) is 14.9 Å². The Bertz CT molecular complexity index is 791. The van der Waals surface area contributed by atoms with E-state index in [1.807, 2.05) is 20.8 Å². The van der Waals surface area contributed by atoms with Gasteiger partial charge in [0.15, 0.2) is 0 Å². The average molecular weight is 360 g/mol. The minimum absolute atomic E-state index is 0.0323. The average Bonchev–Trinajstić information content (AvgIpc) is 3.13. The molecule has 1 saturated carbocycles. The van der Waals surface area contributed by atoms with Crippen molar-refractivity contribution >= 4 is 5.91 Å². The van der Waals surface area contributed by atoms with E-state index in [-0.39, 0.29) is 24.4 Å². The quantitative estimate of drug-likeness (QED) is 0.827. The lowest BCUT2D eigenvalue weighted by Gasteiger charge is -2.57. The molecule has 6 nitrogen and oxygen atoms in total. The minimum Gasteiger partial charge on any atom is -0.378 e. The SMILES string of the molecule is CCOC1CC(N)(C(=O)NCc2ccc(-n3ccnc3)c(F)c2)C1(C)C. The molecule has 26 heavy (non-hydrogen) atoms. The van der Waals surface area contributed by atoms with Crippen LogP contribution in [-0.2, 0) is 16.1 Å². The molecule has 0 aliphatic heterocycles. The van der Waals surface area contributed by atoms with Gasteiger partial charge in [0, 0.05) is 37.4 Å². The van der Waals surface area contributed by atoms with Crippen LogP contribution in [0.3, 0.4) is 0 Å². The summed E-state index contributed by atoms with van der Waals surface area (Å²) in [6, 6.07) is 4.85. The van der Waals surface area contributed by atoms with E-state index in [0.717, 1.165) is 0 Å². The highest BCUT2D eigenvalue weighted by atomic mass is 19.1. The van der Waals surface area contributed by atoms with Crippen molar-refractivity contribution in [2.24, 2.45) is 11.1 Å². The molecule has 1 heterocycles. The second-order valence-electron chi connectivity index (χ2n) is 7.28. The molecule has 0 saturated heterocycles. The molecule has 2 atom stereocenters. The predicted molar refractivity (Wildman–Crippen MR) is 96.1 cm³/mol. The molecule has 1 fully saturated rings. The summed E-state index contributed by atoms with van der Waals surface area (Å²) >= 11 is 0. The van der Waals surface area contributed by atoms with Crippen molar-refractivity contribution in [3.05, 3.63) is 48.3 Å². The second kappa shape index (κ2) is 6.81. The molecule has 3 N–H and O–H groups in total. The summed E-state index contributed by atoms with van der Waals surface area (Å²) in [6.07, 6.45) is 5.24. The Morgan fingerprint density at radius 1 is 1.50 bits per heavy atom. The first kappa shape index (κ1) is 18.5. The number of halogens is 1. The van der Waals surface area contributed by atoms with E-state index in [4.69, 9.17) is 10.5 Å². The Morgan fingerprint density at radius 3 is 2.85 bits per heavy atom. The van der Waals surface area contributed by atoms with E-state index in [1.54, 1.807) is 29.1 Å². The molecule has 1 aromatic carbocycles. The molecule has 0 radical (unpaired) electrons. The lowest BCUT2D eigenvalue weighted by molar-refractivity contribution is -0.170. The van der Waals surface area contributed by atoms with E-state index in [9.17, 15) is 9.18 Å². The topological polar surface area (TPSA) is 82.2 Å². The number of benzene rings is 1. The third kappa shape index (κ3) is 3.01. The van der Waals surface area contributed by atoms with Crippen LogP contribution in [0.4, 0.5) is 4.39 Å². The zero-order valence-corrected chi connectivity index (χ0v) is 15.3. The van der Waals surface area contributed by atoms with E-state index in [2.05, 4.69) is 10.3 Å². The minimum atomic E-state index is -0.984. The summed E-state index contributed by atoms with van der Waals surface area (Å²) in [5.41, 5.74) is 5.99. The standard InChI is InChI=1S/C19H25FN4O2/c1-4-26-16-10-19(21,18(16,2)3)17(25)23-11-13-5-6-15(14(20)9-13)24-8-7-22-12-24/h5-9,12,16H,4,10-11,21H2,1-3H3,(H,23,25). The Kier molecular flexibility index (Phi) is 4.86. The van der Waals surface area contributed by atoms with Crippen LogP contribution in [0.5, 0.6) is 0 Å². The normalized spacial score (nSPS) is 24.1. The van der Waals surface area contributed by atoms with Crippen LogP contribution >= 0.6 is 0 Å². The number of nitrogens with zero attached hydrogens (tertiary/aromatic N) is 2. The zero-order chi connectivity index (χ0) is 18.9. The molecule has 7 heteroatoms. The first-order valence-electron chi connectivity index (χ1n) is 8.75. The fourth-order valence-electron chi connectivity index (χ4n) is 3.43. The Morgan fingerprint density at radius 2 is 2.27 bits per heavy atom. The van der Waals surface area contributed by atoms with Gasteiger partial charge in [-0.2, -0.15) is 0 Å². The maximum atomic E-state index is 14.3. The van der Waals surface area contributed by atoms with Crippen LogP contribution in [0.1, 0.15) is 32.8 Å². The van der Waals surface area contributed by atoms with Crippen molar-refractivity contribution < 1.29 is 13.9 Å². The third-order valence-corrected chi connectivity index (χ3v) is 5.48. The predicted octanol–water partition coefficient (Wildman–Crippen LogP) is 2.16. The molecule has 140 valence electrons. The van der Waals surface area contributed by atoms with Crippen molar-refractivity contribution in [1.29, 1.82) is 0 Å². The summed E-state index contributed by atoms with van der Waals surface area (Å²) in [6.45, 7) is 6.61. The van der Waals surface area contributed by atoms with E-state index in [1.165, 1.54) is 12.4 Å². The number of rotatable bonds is 6. The van der Waals surface area contributed by atoms with Gasteiger partial charge < -0.3 is 20.4 Å². The number of hydrogen-bond donors (Lipinski definition) is 2. The van der Waals surface area contributed by atoms with Crippen LogP contribution in [0.15, 0.2) is 36.9 Å². The number of nitrogens with two attached hydrogens (primary N) is 1. The van der Waals surface area contributed by atoms with Gasteiger partial charge in [0.25, 0.3) is 0 Å². The molecule has 1 amide bonds. The number of aromatic nitrogens is 2. The molecular weight excluding hydrogens is 335 g/mol. The molecule has 2 unspecified atom stereocenters. The maximum absolute atomic E-state index is 14.3. The number of amides is 1. The van der Waals surface area contributed by atoms with Crippen LogP contribution in [-0.4, -0.2) is 33.7 Å². The van der Waals surface area contributed by atoms with Crippen molar-refractivity contribution in [2.75, 3.05) is 6.61 Å². The highest BCUT2D eigenvalue weighted by molar-refractivity contribution is 5.88. The summed E-state index contributed by atoms with van der Waals surface area (Å²) in [5, 5.41) is 2.84. The molecule has 2 aromatic rings. The Labute approximate surface area is 152 Å². The molecule has 0 spiro atoms. The summed E-state index contributed by atoms with van der Waals surface area (Å²) in [5.74, 6) is -0.616. The van der Waals surface area contributed by atoms with Gasteiger partial charge in [-0.15, -0.1) is 0 Å². The van der Waals surface area contributed by atoms with Gasteiger partial charge >= 0.3 is 0 Å². The van der Waals surface area contributed by atoms with Gasteiger partial charge in [0.05, 0.1) is 18.1 Å². The van der Waals surface area contributed by atoms with Gasteiger partial charge in [-0.3, -0.25) is 4.79 Å². The highest BCUT2D eigenvalue weighted by Gasteiger charge is 2.62. The monoisotopic (exact) mass is 360 g/mol. The molecular formula is C19H25FN4O2. The molecule has 3 rings (SSSR count). The maximum Gasteiger partial charge on any atom is 0.241 e. The van der Waals surface area contributed by atoms with Gasteiger partial charge in [-0.1, -0.05) is 19.9 Å². The van der Waals surface area contributed by atoms with Crippen LogP contribution in [0, 0.1) is 11.2 Å². The Balaban J connectivity index is 1.64. The molecule has 0 bridgehead atoms.